The van der Waals surface area contributed by atoms with Gasteiger partial charge in [-0.25, -0.2) is 4.68 Å². The van der Waals surface area contributed by atoms with Crippen LogP contribution in [0.15, 0.2) is 60.7 Å². The number of carbonyl (C=O) groups is 2. The highest BCUT2D eigenvalue weighted by Gasteiger charge is 2.28. The molecule has 2 atom stereocenters. The molecule has 0 aliphatic carbocycles. The van der Waals surface area contributed by atoms with Crippen LogP contribution in [-0.2, 0) is 4.79 Å². The number of benzene rings is 2. The fourth-order valence-electron chi connectivity index (χ4n) is 3.18. The molecule has 3 rings (SSSR count). The van der Waals surface area contributed by atoms with Gasteiger partial charge in [-0.3, -0.25) is 9.59 Å². The number of nitrogens with one attached hydrogen (secondary N) is 1. The molecule has 0 fully saturated rings. The number of aromatic nitrogens is 2. The zero-order chi connectivity index (χ0) is 24.9. The van der Waals surface area contributed by atoms with E-state index in [9.17, 15) is 19.8 Å². The van der Waals surface area contributed by atoms with E-state index in [1.54, 1.807) is 19.1 Å². The second-order valence-corrected chi connectivity index (χ2v) is 8.95. The van der Waals surface area contributed by atoms with Crippen LogP contribution in [0, 0.1) is 12.8 Å². The highest BCUT2D eigenvalue weighted by atomic mass is 16.5. The largest absolute Gasteiger partial charge is 0.481 e. The molecule has 8 nitrogen and oxygen atoms in total. The van der Waals surface area contributed by atoms with Crippen LogP contribution < -0.4 is 10.1 Å². The van der Waals surface area contributed by atoms with Crippen LogP contribution in [0.5, 0.6) is 5.88 Å². The number of ether oxygens (including phenoxy) is 1. The van der Waals surface area contributed by atoms with Crippen molar-refractivity contribution < 1.29 is 24.5 Å². The lowest BCUT2D eigenvalue weighted by atomic mass is 9.94. The molecule has 0 radical (unpaired) electrons. The van der Waals surface area contributed by atoms with E-state index in [1.165, 1.54) is 10.7 Å². The minimum Gasteiger partial charge on any atom is -0.481 e. The SMILES string of the molecule is Cc1ccc([C@H](CC(=O)O)NC(=O)c2cc(OC[C@](C)(O)C(C)C)n(-c3ccccc3)n2)cc1. The summed E-state index contributed by atoms with van der Waals surface area (Å²) < 4.78 is 7.38. The summed E-state index contributed by atoms with van der Waals surface area (Å²) in [5.74, 6) is -1.31. The molecule has 1 heterocycles. The molecule has 0 bridgehead atoms. The first kappa shape index (κ1) is 25.0. The molecule has 2 aromatic carbocycles. The Balaban J connectivity index is 1.89. The lowest BCUT2D eigenvalue weighted by molar-refractivity contribution is -0.137. The molecular weight excluding hydrogens is 434 g/mol. The summed E-state index contributed by atoms with van der Waals surface area (Å²) in [4.78, 5) is 24.5. The zero-order valence-corrected chi connectivity index (χ0v) is 19.9. The second kappa shape index (κ2) is 10.5. The third-order valence-electron chi connectivity index (χ3n) is 5.83. The summed E-state index contributed by atoms with van der Waals surface area (Å²) in [5, 5.41) is 27.1. The van der Waals surface area contributed by atoms with E-state index >= 15 is 0 Å². The van der Waals surface area contributed by atoms with Gasteiger partial charge in [0, 0.05) is 6.07 Å². The van der Waals surface area contributed by atoms with Gasteiger partial charge in [-0.1, -0.05) is 61.9 Å². The number of carboxylic acids is 1. The molecular formula is C26H31N3O5. The lowest BCUT2D eigenvalue weighted by Crippen LogP contribution is -2.38. The van der Waals surface area contributed by atoms with Gasteiger partial charge in [-0.15, -0.1) is 0 Å². The van der Waals surface area contributed by atoms with Crippen molar-refractivity contribution in [3.05, 3.63) is 77.5 Å². The number of hydrogen-bond acceptors (Lipinski definition) is 5. The van der Waals surface area contributed by atoms with Crippen LogP contribution in [-0.4, -0.2) is 44.1 Å². The molecule has 3 N–H and O–H groups in total. The third-order valence-corrected chi connectivity index (χ3v) is 5.83. The molecule has 0 unspecified atom stereocenters. The number of aliphatic carboxylic acids is 1. The van der Waals surface area contributed by atoms with Gasteiger partial charge in [0.25, 0.3) is 5.91 Å². The summed E-state index contributed by atoms with van der Waals surface area (Å²) in [6.07, 6.45) is -0.269. The van der Waals surface area contributed by atoms with Crippen molar-refractivity contribution in [2.75, 3.05) is 6.61 Å². The number of carbonyl (C=O) groups excluding carboxylic acids is 1. The first-order valence-electron chi connectivity index (χ1n) is 11.2. The van der Waals surface area contributed by atoms with E-state index in [0.717, 1.165) is 5.56 Å². The average molecular weight is 466 g/mol. The molecule has 0 aliphatic heterocycles. The Morgan fingerprint density at radius 3 is 2.35 bits per heavy atom. The topological polar surface area (TPSA) is 114 Å². The number of aryl methyl sites for hydroxylation is 1. The van der Waals surface area contributed by atoms with Gasteiger partial charge in [-0.2, -0.15) is 5.10 Å². The Hall–Kier alpha value is -3.65. The van der Waals surface area contributed by atoms with Crippen molar-refractivity contribution in [3.63, 3.8) is 0 Å². The zero-order valence-electron chi connectivity index (χ0n) is 19.9. The van der Waals surface area contributed by atoms with Crippen LogP contribution >= 0.6 is 0 Å². The van der Waals surface area contributed by atoms with Crippen molar-refractivity contribution in [2.45, 2.75) is 45.8 Å². The van der Waals surface area contributed by atoms with Crippen LogP contribution in [0.1, 0.15) is 54.8 Å². The maximum atomic E-state index is 13.1. The van der Waals surface area contributed by atoms with Crippen LogP contribution in [0.4, 0.5) is 0 Å². The Morgan fingerprint density at radius 2 is 1.76 bits per heavy atom. The van der Waals surface area contributed by atoms with Gasteiger partial charge in [0.15, 0.2) is 5.69 Å². The highest BCUT2D eigenvalue weighted by molar-refractivity contribution is 5.93. The van der Waals surface area contributed by atoms with Crippen LogP contribution in [0.25, 0.3) is 5.69 Å². The number of rotatable bonds is 10. The van der Waals surface area contributed by atoms with Crippen molar-refractivity contribution in [1.82, 2.24) is 15.1 Å². The lowest BCUT2D eigenvalue weighted by Gasteiger charge is -2.27. The number of carboxylic acid groups (broad SMARTS) is 1. The molecule has 0 spiro atoms. The van der Waals surface area contributed by atoms with E-state index in [2.05, 4.69) is 10.4 Å². The van der Waals surface area contributed by atoms with Gasteiger partial charge >= 0.3 is 5.97 Å². The van der Waals surface area contributed by atoms with Crippen molar-refractivity contribution in [3.8, 4) is 11.6 Å². The second-order valence-electron chi connectivity index (χ2n) is 8.95. The summed E-state index contributed by atoms with van der Waals surface area (Å²) in [6.45, 7) is 7.42. The summed E-state index contributed by atoms with van der Waals surface area (Å²) in [7, 11) is 0. The van der Waals surface area contributed by atoms with E-state index < -0.39 is 23.5 Å². The Labute approximate surface area is 199 Å². The number of nitrogens with zero attached hydrogens (tertiary/aromatic N) is 2. The molecule has 0 saturated carbocycles. The molecule has 34 heavy (non-hydrogen) atoms. The van der Waals surface area contributed by atoms with Crippen LogP contribution in [0.2, 0.25) is 0 Å². The first-order valence-corrected chi connectivity index (χ1v) is 11.2. The summed E-state index contributed by atoms with van der Waals surface area (Å²) in [5.41, 5.74) is 1.40. The predicted octanol–water partition coefficient (Wildman–Crippen LogP) is 3.91. The van der Waals surface area contributed by atoms with Gasteiger partial charge < -0.3 is 20.3 Å². The molecule has 0 saturated heterocycles. The quantitative estimate of drug-likeness (QED) is 0.418. The summed E-state index contributed by atoms with van der Waals surface area (Å²) in [6, 6.07) is 17.3. The highest BCUT2D eigenvalue weighted by Crippen LogP contribution is 2.24. The normalized spacial score (nSPS) is 13.8. The number of aliphatic hydroxyl groups is 1. The average Bonchev–Trinajstić information content (AvgIpc) is 3.22. The fraction of sp³-hybridized carbons (Fsp3) is 0.346. The van der Waals surface area contributed by atoms with Crippen LogP contribution in [0.3, 0.4) is 0 Å². The monoisotopic (exact) mass is 465 g/mol. The van der Waals surface area contributed by atoms with Gasteiger partial charge in [0.1, 0.15) is 6.61 Å². The number of hydrogen-bond donors (Lipinski definition) is 3. The Morgan fingerprint density at radius 1 is 1.12 bits per heavy atom. The Kier molecular flexibility index (Phi) is 7.73. The first-order chi connectivity index (χ1) is 16.1. The van der Waals surface area contributed by atoms with E-state index in [1.807, 2.05) is 63.2 Å². The number of para-hydroxylation sites is 1. The molecule has 3 aromatic rings. The van der Waals surface area contributed by atoms with E-state index in [-0.39, 0.29) is 24.6 Å². The molecule has 1 aromatic heterocycles. The van der Waals surface area contributed by atoms with E-state index in [0.29, 0.717) is 17.1 Å². The van der Waals surface area contributed by atoms with E-state index in [4.69, 9.17) is 4.74 Å². The fourth-order valence-corrected chi connectivity index (χ4v) is 3.18. The maximum Gasteiger partial charge on any atom is 0.305 e. The smallest absolute Gasteiger partial charge is 0.305 e. The van der Waals surface area contributed by atoms with Gasteiger partial charge in [0.05, 0.1) is 23.8 Å². The minimum atomic E-state index is -1.08. The molecule has 0 aliphatic rings. The molecule has 8 heteroatoms. The standard InChI is InChI=1S/C26H31N3O5/c1-17(2)26(4,33)16-34-23-14-22(28-29(23)20-8-6-5-7-9-20)25(32)27-21(15-24(30)31)19-12-10-18(3)11-13-19/h5-14,17,21,33H,15-16H2,1-4H3,(H,27,32)(H,30,31)/t21-,26-/m0/s1. The predicted molar refractivity (Wildman–Crippen MR) is 128 cm³/mol. The number of amides is 1. The molecule has 1 amide bonds. The Bertz CT molecular complexity index is 1120. The maximum absolute atomic E-state index is 13.1. The third kappa shape index (κ3) is 6.23. The van der Waals surface area contributed by atoms with Crippen molar-refractivity contribution in [1.29, 1.82) is 0 Å². The van der Waals surface area contributed by atoms with Gasteiger partial charge in [-0.05, 0) is 37.5 Å². The molecule has 180 valence electrons. The van der Waals surface area contributed by atoms with Crippen molar-refractivity contribution in [2.24, 2.45) is 5.92 Å². The van der Waals surface area contributed by atoms with Crippen molar-refractivity contribution >= 4 is 11.9 Å². The van der Waals surface area contributed by atoms with Gasteiger partial charge in [0.2, 0.25) is 5.88 Å². The minimum absolute atomic E-state index is 0.00918. The summed E-state index contributed by atoms with van der Waals surface area (Å²) >= 11 is 0.